The molecule has 1 heterocycles. The standard InChI is InChI=1S/C27H24F5N5OS/c1-16-35-25(27(30,31)32)15-36(16)22-10-9-18(17-5-4-8-21(12-17)39-2)13-23(22)37(34)24(14-33)19-6-3-7-20(11-19)38-26(28)29/h3-15,26H,33-34H2,1-2H3/b24-14-. The summed E-state index contributed by atoms with van der Waals surface area (Å²) in [4.78, 5) is 4.69. The minimum atomic E-state index is -4.65. The number of hydrazine groups is 1. The highest BCUT2D eigenvalue weighted by molar-refractivity contribution is 7.98. The summed E-state index contributed by atoms with van der Waals surface area (Å²) in [6.45, 7) is -1.59. The van der Waals surface area contributed by atoms with Gasteiger partial charge < -0.3 is 15.0 Å². The quantitative estimate of drug-likeness (QED) is 0.106. The second-order valence-corrected chi connectivity index (χ2v) is 9.18. The van der Waals surface area contributed by atoms with Crippen molar-refractivity contribution >= 4 is 23.1 Å². The number of nitrogens with zero attached hydrogens (tertiary/aromatic N) is 3. The molecule has 0 aliphatic carbocycles. The van der Waals surface area contributed by atoms with Gasteiger partial charge in [-0.15, -0.1) is 11.8 Å². The lowest BCUT2D eigenvalue weighted by Crippen LogP contribution is -2.31. The first-order chi connectivity index (χ1) is 18.5. The summed E-state index contributed by atoms with van der Waals surface area (Å²) >= 11 is 1.56. The van der Waals surface area contributed by atoms with Gasteiger partial charge >= 0.3 is 12.8 Å². The molecular formula is C27H24F5N5OS. The average molecular weight is 562 g/mol. The van der Waals surface area contributed by atoms with Crippen molar-refractivity contribution in [2.75, 3.05) is 11.3 Å². The van der Waals surface area contributed by atoms with Crippen LogP contribution in [0, 0.1) is 6.92 Å². The maximum absolute atomic E-state index is 13.4. The molecule has 0 fully saturated rings. The summed E-state index contributed by atoms with van der Waals surface area (Å²) < 4.78 is 71.7. The van der Waals surface area contributed by atoms with E-state index in [4.69, 9.17) is 11.6 Å². The molecule has 0 radical (unpaired) electrons. The summed E-state index contributed by atoms with van der Waals surface area (Å²) in [6.07, 6.45) is -0.642. The molecule has 6 nitrogen and oxygen atoms in total. The van der Waals surface area contributed by atoms with Crippen molar-refractivity contribution < 1.29 is 26.7 Å². The topological polar surface area (TPSA) is 82.3 Å². The Balaban J connectivity index is 1.88. The van der Waals surface area contributed by atoms with Crippen LogP contribution in [0.3, 0.4) is 0 Å². The van der Waals surface area contributed by atoms with Gasteiger partial charge in [0, 0.05) is 22.9 Å². The molecule has 39 heavy (non-hydrogen) atoms. The summed E-state index contributed by atoms with van der Waals surface area (Å²) in [6, 6.07) is 18.6. The van der Waals surface area contributed by atoms with Gasteiger partial charge in [-0.1, -0.05) is 30.3 Å². The Morgan fingerprint density at radius 1 is 1.05 bits per heavy atom. The maximum atomic E-state index is 13.4. The van der Waals surface area contributed by atoms with Crippen molar-refractivity contribution in [2.24, 2.45) is 11.6 Å². The van der Waals surface area contributed by atoms with Crippen molar-refractivity contribution in [1.29, 1.82) is 0 Å². The second-order valence-electron chi connectivity index (χ2n) is 8.30. The molecule has 0 amide bonds. The van der Waals surface area contributed by atoms with E-state index in [0.29, 0.717) is 11.3 Å². The molecule has 4 rings (SSSR count). The summed E-state index contributed by atoms with van der Waals surface area (Å²) in [5.74, 6) is 6.52. The largest absolute Gasteiger partial charge is 0.435 e. The predicted molar refractivity (Wildman–Crippen MR) is 142 cm³/mol. The zero-order chi connectivity index (χ0) is 28.3. The Labute approximate surface area is 225 Å². The molecule has 3 aromatic carbocycles. The van der Waals surface area contributed by atoms with Gasteiger partial charge in [0.1, 0.15) is 11.6 Å². The van der Waals surface area contributed by atoms with Crippen molar-refractivity contribution in [3.8, 4) is 22.6 Å². The summed E-state index contributed by atoms with van der Waals surface area (Å²) in [5.41, 5.74) is 7.57. The summed E-state index contributed by atoms with van der Waals surface area (Å²) in [5, 5.41) is 1.19. The molecule has 4 N–H and O–H groups in total. The maximum Gasteiger partial charge on any atom is 0.434 e. The predicted octanol–water partition coefficient (Wildman–Crippen LogP) is 6.83. The number of hydrogen-bond acceptors (Lipinski definition) is 6. The van der Waals surface area contributed by atoms with Gasteiger partial charge in [0.05, 0.1) is 17.1 Å². The molecule has 0 atom stereocenters. The number of anilines is 1. The van der Waals surface area contributed by atoms with Crippen LogP contribution in [0.1, 0.15) is 17.1 Å². The molecule has 0 saturated heterocycles. The van der Waals surface area contributed by atoms with E-state index in [1.54, 1.807) is 36.0 Å². The van der Waals surface area contributed by atoms with Gasteiger partial charge in [-0.25, -0.2) is 10.8 Å². The molecule has 0 aliphatic rings. The molecular weight excluding hydrogens is 537 g/mol. The average Bonchev–Trinajstić information content (AvgIpc) is 3.30. The minimum Gasteiger partial charge on any atom is -0.435 e. The lowest BCUT2D eigenvalue weighted by molar-refractivity contribution is -0.141. The Morgan fingerprint density at radius 2 is 1.77 bits per heavy atom. The molecule has 0 aliphatic heterocycles. The third-order valence-corrected chi connectivity index (χ3v) is 6.57. The lowest BCUT2D eigenvalue weighted by atomic mass is 10.0. The van der Waals surface area contributed by atoms with Gasteiger partial charge in [-0.3, -0.25) is 5.01 Å². The second kappa shape index (κ2) is 11.4. The summed E-state index contributed by atoms with van der Waals surface area (Å²) in [7, 11) is 0. The molecule has 0 unspecified atom stereocenters. The third-order valence-electron chi connectivity index (χ3n) is 5.84. The van der Waals surface area contributed by atoms with Crippen molar-refractivity contribution in [3.05, 3.63) is 96.2 Å². The van der Waals surface area contributed by atoms with Crippen LogP contribution in [0.2, 0.25) is 0 Å². The highest BCUT2D eigenvalue weighted by atomic mass is 32.2. The monoisotopic (exact) mass is 561 g/mol. The normalized spacial score (nSPS) is 12.2. The van der Waals surface area contributed by atoms with Crippen LogP contribution in [0.15, 0.2) is 84.0 Å². The number of halogens is 5. The minimum absolute atomic E-state index is 0.0831. The first-order valence-electron chi connectivity index (χ1n) is 11.5. The van der Waals surface area contributed by atoms with Crippen LogP contribution in [-0.2, 0) is 6.18 Å². The fourth-order valence-electron chi connectivity index (χ4n) is 4.03. The van der Waals surface area contributed by atoms with Gasteiger partial charge in [0.2, 0.25) is 0 Å². The fourth-order valence-corrected chi connectivity index (χ4v) is 4.49. The van der Waals surface area contributed by atoms with Gasteiger partial charge in [0.25, 0.3) is 0 Å². The van der Waals surface area contributed by atoms with Crippen LogP contribution in [0.25, 0.3) is 22.5 Å². The number of aromatic nitrogens is 2. The van der Waals surface area contributed by atoms with E-state index in [0.717, 1.165) is 22.2 Å². The Bertz CT molecular complexity index is 1500. The van der Waals surface area contributed by atoms with E-state index in [2.05, 4.69) is 9.72 Å². The number of ether oxygens (including phenoxy) is 1. The Hall–Kier alpha value is -4.03. The number of hydrogen-bond donors (Lipinski definition) is 2. The highest BCUT2D eigenvalue weighted by Gasteiger charge is 2.35. The molecule has 4 aromatic rings. The Morgan fingerprint density at radius 3 is 2.41 bits per heavy atom. The van der Waals surface area contributed by atoms with Crippen LogP contribution in [0.4, 0.5) is 27.6 Å². The number of thioether (sulfide) groups is 1. The molecule has 12 heteroatoms. The smallest absolute Gasteiger partial charge is 0.434 e. The van der Waals surface area contributed by atoms with Gasteiger partial charge in [-0.2, -0.15) is 22.0 Å². The molecule has 0 bridgehead atoms. The SMILES string of the molecule is CSc1cccc(-c2ccc(-n3cc(C(F)(F)F)nc3C)c(N(N)/C(=C\N)c3cccc(OC(F)F)c3)c2)c1. The number of aryl methyl sites for hydroxylation is 1. The van der Waals surface area contributed by atoms with E-state index in [1.165, 1.54) is 40.9 Å². The number of rotatable bonds is 8. The third kappa shape index (κ3) is 6.18. The highest BCUT2D eigenvalue weighted by Crippen LogP contribution is 2.37. The number of benzene rings is 3. The zero-order valence-corrected chi connectivity index (χ0v) is 21.6. The van der Waals surface area contributed by atoms with Crippen LogP contribution in [-0.4, -0.2) is 22.4 Å². The molecule has 0 saturated carbocycles. The number of nitrogens with two attached hydrogens (primary N) is 2. The molecule has 0 spiro atoms. The van der Waals surface area contributed by atoms with Crippen molar-refractivity contribution in [2.45, 2.75) is 24.6 Å². The van der Waals surface area contributed by atoms with Crippen molar-refractivity contribution in [1.82, 2.24) is 9.55 Å². The van der Waals surface area contributed by atoms with Crippen molar-refractivity contribution in [3.63, 3.8) is 0 Å². The molecule has 204 valence electrons. The molecule has 1 aromatic heterocycles. The van der Waals surface area contributed by atoms with Crippen LogP contribution in [0.5, 0.6) is 5.75 Å². The number of imidazole rings is 1. The first-order valence-corrected chi connectivity index (χ1v) is 12.7. The lowest BCUT2D eigenvalue weighted by Gasteiger charge is -2.26. The van der Waals surface area contributed by atoms with Gasteiger partial charge in [0.15, 0.2) is 5.69 Å². The zero-order valence-electron chi connectivity index (χ0n) is 20.8. The van der Waals surface area contributed by atoms with E-state index in [9.17, 15) is 22.0 Å². The fraction of sp³-hybridized carbons (Fsp3) is 0.148. The van der Waals surface area contributed by atoms with Crippen LogP contribution >= 0.6 is 11.8 Å². The van der Waals surface area contributed by atoms with Crippen LogP contribution < -0.4 is 21.3 Å². The van der Waals surface area contributed by atoms with E-state index < -0.39 is 18.5 Å². The number of alkyl halides is 5. The van der Waals surface area contributed by atoms with E-state index in [-0.39, 0.29) is 23.0 Å². The Kier molecular flexibility index (Phi) is 8.17. The van der Waals surface area contributed by atoms with E-state index in [1.807, 2.05) is 30.5 Å². The van der Waals surface area contributed by atoms with E-state index >= 15 is 0 Å². The first kappa shape index (κ1) is 28.0. The van der Waals surface area contributed by atoms with Gasteiger partial charge in [-0.05, 0) is 60.7 Å².